The van der Waals surface area contributed by atoms with Crippen LogP contribution in [0.25, 0.3) is 10.8 Å². The first-order chi connectivity index (χ1) is 13.1. The number of carbonyl (C=O) groups excluding carboxylic acids is 3. The average Bonchev–Trinajstić information content (AvgIpc) is 2.67. The number of nitrogens with zero attached hydrogens (tertiary/aromatic N) is 1. The van der Waals surface area contributed by atoms with E-state index >= 15 is 0 Å². The Kier molecular flexibility index (Phi) is 4.16. The quantitative estimate of drug-likeness (QED) is 0.721. The van der Waals surface area contributed by atoms with Crippen molar-refractivity contribution in [3.63, 3.8) is 0 Å². The van der Waals surface area contributed by atoms with E-state index < -0.39 is 23.5 Å². The zero-order chi connectivity index (χ0) is 19.0. The van der Waals surface area contributed by atoms with E-state index in [2.05, 4.69) is 5.32 Å². The molecule has 3 aromatic rings. The number of para-hydroxylation sites is 1. The minimum absolute atomic E-state index is 0.0638. The fourth-order valence-electron chi connectivity index (χ4n) is 3.27. The van der Waals surface area contributed by atoms with Crippen molar-refractivity contribution < 1.29 is 18.8 Å². The van der Waals surface area contributed by atoms with Crippen molar-refractivity contribution in [2.75, 3.05) is 11.9 Å². The number of hydrogen-bond acceptors (Lipinski definition) is 3. The Hall–Kier alpha value is -3.54. The van der Waals surface area contributed by atoms with Gasteiger partial charge in [-0.1, -0.05) is 36.4 Å². The molecule has 0 saturated heterocycles. The molecule has 27 heavy (non-hydrogen) atoms. The first-order valence-corrected chi connectivity index (χ1v) is 8.48. The average molecular weight is 362 g/mol. The normalized spacial score (nSPS) is 13.1. The van der Waals surface area contributed by atoms with E-state index in [4.69, 9.17) is 0 Å². The van der Waals surface area contributed by atoms with Crippen molar-refractivity contribution in [3.05, 3.63) is 77.6 Å². The Balaban J connectivity index is 1.54. The van der Waals surface area contributed by atoms with Gasteiger partial charge in [0.1, 0.15) is 5.82 Å². The molecule has 0 radical (unpaired) electrons. The summed E-state index contributed by atoms with van der Waals surface area (Å²) in [5, 5.41) is 3.92. The van der Waals surface area contributed by atoms with Crippen molar-refractivity contribution >= 4 is 34.2 Å². The van der Waals surface area contributed by atoms with Gasteiger partial charge in [0.15, 0.2) is 0 Å². The molecule has 0 aliphatic carbocycles. The van der Waals surface area contributed by atoms with Crippen molar-refractivity contribution in [1.29, 1.82) is 0 Å². The summed E-state index contributed by atoms with van der Waals surface area (Å²) < 4.78 is 13.6. The zero-order valence-electron chi connectivity index (χ0n) is 14.2. The van der Waals surface area contributed by atoms with Crippen LogP contribution in [-0.2, 0) is 4.79 Å². The number of halogens is 1. The molecule has 0 fully saturated rings. The van der Waals surface area contributed by atoms with E-state index in [1.165, 1.54) is 18.2 Å². The summed E-state index contributed by atoms with van der Waals surface area (Å²) in [7, 11) is 0. The van der Waals surface area contributed by atoms with Gasteiger partial charge in [-0.15, -0.1) is 0 Å². The van der Waals surface area contributed by atoms with Gasteiger partial charge in [0.25, 0.3) is 11.8 Å². The highest BCUT2D eigenvalue weighted by molar-refractivity contribution is 6.25. The fourth-order valence-corrected chi connectivity index (χ4v) is 3.27. The molecule has 6 heteroatoms. The van der Waals surface area contributed by atoms with E-state index in [1.807, 2.05) is 12.1 Å². The van der Waals surface area contributed by atoms with Crippen LogP contribution in [0.15, 0.2) is 60.7 Å². The number of benzene rings is 3. The van der Waals surface area contributed by atoms with Gasteiger partial charge in [-0.3, -0.25) is 19.3 Å². The number of anilines is 1. The van der Waals surface area contributed by atoms with Crippen LogP contribution in [0.4, 0.5) is 10.1 Å². The van der Waals surface area contributed by atoms with Crippen molar-refractivity contribution in [3.8, 4) is 0 Å². The van der Waals surface area contributed by atoms with Gasteiger partial charge in [0.05, 0.1) is 5.69 Å². The molecule has 0 saturated carbocycles. The van der Waals surface area contributed by atoms with Gasteiger partial charge in [0.2, 0.25) is 5.91 Å². The summed E-state index contributed by atoms with van der Waals surface area (Å²) in [6.45, 7) is -0.0807. The van der Waals surface area contributed by atoms with E-state index in [9.17, 15) is 18.8 Å². The summed E-state index contributed by atoms with van der Waals surface area (Å²) >= 11 is 0. The number of carbonyl (C=O) groups is 3. The van der Waals surface area contributed by atoms with Crippen LogP contribution in [0.2, 0.25) is 0 Å². The smallest absolute Gasteiger partial charge is 0.261 e. The Labute approximate surface area is 154 Å². The zero-order valence-corrected chi connectivity index (χ0v) is 14.2. The molecule has 1 aliphatic heterocycles. The Bertz CT molecular complexity index is 1040. The molecule has 0 aromatic heterocycles. The third-order valence-corrected chi connectivity index (χ3v) is 4.57. The fraction of sp³-hybridized carbons (Fsp3) is 0.0952. The maximum absolute atomic E-state index is 13.6. The molecule has 134 valence electrons. The Morgan fingerprint density at radius 3 is 2.15 bits per heavy atom. The molecule has 1 N–H and O–H groups in total. The summed E-state index contributed by atoms with van der Waals surface area (Å²) in [4.78, 5) is 38.7. The molecule has 0 atom stereocenters. The third kappa shape index (κ3) is 2.95. The van der Waals surface area contributed by atoms with E-state index in [-0.39, 0.29) is 18.7 Å². The number of hydrogen-bond donors (Lipinski definition) is 1. The first kappa shape index (κ1) is 16.9. The maximum Gasteiger partial charge on any atom is 0.261 e. The number of amides is 3. The molecule has 3 amide bonds. The molecule has 3 aromatic carbocycles. The van der Waals surface area contributed by atoms with E-state index in [0.717, 1.165) is 10.3 Å². The Morgan fingerprint density at radius 2 is 1.52 bits per heavy atom. The number of imide groups is 1. The van der Waals surface area contributed by atoms with Gasteiger partial charge in [-0.25, -0.2) is 4.39 Å². The highest BCUT2D eigenvalue weighted by Crippen LogP contribution is 2.30. The molecule has 4 rings (SSSR count). The standard InChI is InChI=1S/C21H15FN2O3/c22-16-9-1-2-10-17(16)23-18(25)11-12-24-20(26)14-7-3-5-13-6-4-8-15(19(13)14)21(24)27/h1-10H,11-12H2,(H,23,25). The monoisotopic (exact) mass is 362 g/mol. The molecule has 0 unspecified atom stereocenters. The topological polar surface area (TPSA) is 66.5 Å². The van der Waals surface area contributed by atoms with Crippen LogP contribution in [-0.4, -0.2) is 29.2 Å². The molecular weight excluding hydrogens is 347 g/mol. The summed E-state index contributed by atoms with van der Waals surface area (Å²) in [6.07, 6.45) is -0.121. The maximum atomic E-state index is 13.6. The first-order valence-electron chi connectivity index (χ1n) is 8.48. The highest BCUT2D eigenvalue weighted by atomic mass is 19.1. The second-order valence-corrected chi connectivity index (χ2v) is 6.25. The third-order valence-electron chi connectivity index (χ3n) is 4.57. The van der Waals surface area contributed by atoms with E-state index in [0.29, 0.717) is 16.5 Å². The van der Waals surface area contributed by atoms with Crippen molar-refractivity contribution in [2.45, 2.75) is 6.42 Å². The lowest BCUT2D eigenvalue weighted by molar-refractivity contribution is -0.116. The lowest BCUT2D eigenvalue weighted by Crippen LogP contribution is -2.41. The second-order valence-electron chi connectivity index (χ2n) is 6.25. The molecule has 1 aliphatic rings. The van der Waals surface area contributed by atoms with Crippen molar-refractivity contribution in [2.24, 2.45) is 0 Å². The van der Waals surface area contributed by atoms with Gasteiger partial charge in [-0.2, -0.15) is 0 Å². The lowest BCUT2D eigenvalue weighted by Gasteiger charge is -2.27. The second kappa shape index (κ2) is 6.64. The van der Waals surface area contributed by atoms with Gasteiger partial charge < -0.3 is 5.32 Å². The van der Waals surface area contributed by atoms with Crippen LogP contribution in [0.5, 0.6) is 0 Å². The van der Waals surface area contributed by atoms with Crippen LogP contribution in [0, 0.1) is 5.82 Å². The minimum atomic E-state index is -0.545. The van der Waals surface area contributed by atoms with Gasteiger partial charge in [0, 0.05) is 29.5 Å². The molecule has 0 bridgehead atoms. The SMILES string of the molecule is O=C(CCN1C(=O)c2cccc3cccc(c23)C1=O)Nc1ccccc1F. The number of rotatable bonds is 4. The van der Waals surface area contributed by atoms with Gasteiger partial charge >= 0.3 is 0 Å². The number of nitrogens with one attached hydrogen (secondary N) is 1. The van der Waals surface area contributed by atoms with Gasteiger partial charge in [-0.05, 0) is 29.7 Å². The van der Waals surface area contributed by atoms with Crippen LogP contribution < -0.4 is 5.32 Å². The predicted octanol–water partition coefficient (Wildman–Crippen LogP) is 3.60. The van der Waals surface area contributed by atoms with Crippen LogP contribution in [0.1, 0.15) is 27.1 Å². The minimum Gasteiger partial charge on any atom is -0.324 e. The summed E-state index contributed by atoms with van der Waals surface area (Å²) in [6, 6.07) is 16.4. The van der Waals surface area contributed by atoms with Crippen molar-refractivity contribution in [1.82, 2.24) is 4.90 Å². The molecular formula is C21H15FN2O3. The van der Waals surface area contributed by atoms with Crippen LogP contribution in [0.3, 0.4) is 0 Å². The molecule has 5 nitrogen and oxygen atoms in total. The largest absolute Gasteiger partial charge is 0.324 e. The lowest BCUT2D eigenvalue weighted by atomic mass is 9.94. The van der Waals surface area contributed by atoms with E-state index in [1.54, 1.807) is 30.3 Å². The highest BCUT2D eigenvalue weighted by Gasteiger charge is 2.32. The molecule has 0 spiro atoms. The summed E-state index contributed by atoms with van der Waals surface area (Å²) in [5.74, 6) is -1.87. The predicted molar refractivity (Wildman–Crippen MR) is 99.0 cm³/mol. The van der Waals surface area contributed by atoms with Crippen LogP contribution >= 0.6 is 0 Å². The molecule has 1 heterocycles. The Morgan fingerprint density at radius 1 is 0.889 bits per heavy atom. The summed E-state index contributed by atoms with van der Waals surface area (Å²) in [5.41, 5.74) is 0.948.